The van der Waals surface area contributed by atoms with Crippen molar-refractivity contribution in [3.05, 3.63) is 11.3 Å². The fourth-order valence-electron chi connectivity index (χ4n) is 2.50. The van der Waals surface area contributed by atoms with Gasteiger partial charge < -0.3 is 19.7 Å². The normalized spacial score (nSPS) is 22.7. The molecule has 124 valence electrons. The van der Waals surface area contributed by atoms with Crippen LogP contribution in [0.15, 0.2) is 11.3 Å². The first-order valence-corrected chi connectivity index (χ1v) is 8.34. The van der Waals surface area contributed by atoms with Gasteiger partial charge in [0.15, 0.2) is 0 Å². The van der Waals surface area contributed by atoms with E-state index in [1.54, 1.807) is 4.90 Å². The Kier molecular flexibility index (Phi) is 5.50. The summed E-state index contributed by atoms with van der Waals surface area (Å²) in [5.74, 6) is 0. The van der Waals surface area contributed by atoms with Gasteiger partial charge in [-0.2, -0.15) is 0 Å². The zero-order valence-corrected chi connectivity index (χ0v) is 15.0. The molecule has 1 unspecified atom stereocenters. The maximum Gasteiger partial charge on any atom is 0.410 e. The lowest BCUT2D eigenvalue weighted by atomic mass is 10.1. The highest BCUT2D eigenvalue weighted by Crippen LogP contribution is 2.22. The molecule has 7 heteroatoms. The SMILES string of the molecule is CC(C)(C)OC(=O)N1CCC(NC2CCOC2)=C(C(=N)Br)C1. The molecule has 0 aromatic heterocycles. The number of carbonyl (C=O) groups excluding carboxylic acids is 1. The molecular weight excluding hydrogens is 350 g/mol. The summed E-state index contributed by atoms with van der Waals surface area (Å²) >= 11 is 3.24. The Bertz CT molecular complexity index is 479. The summed E-state index contributed by atoms with van der Waals surface area (Å²) < 4.78 is 11.1. The van der Waals surface area contributed by atoms with E-state index in [1.807, 2.05) is 20.8 Å². The van der Waals surface area contributed by atoms with Gasteiger partial charge in [0.05, 0.1) is 19.2 Å². The zero-order chi connectivity index (χ0) is 16.3. The Hall–Kier alpha value is -1.08. The van der Waals surface area contributed by atoms with Crippen LogP contribution in [-0.4, -0.2) is 53.6 Å². The monoisotopic (exact) mass is 373 g/mol. The summed E-state index contributed by atoms with van der Waals surface area (Å²) in [7, 11) is 0. The van der Waals surface area contributed by atoms with Crippen molar-refractivity contribution in [2.24, 2.45) is 0 Å². The number of rotatable bonds is 3. The summed E-state index contributed by atoms with van der Waals surface area (Å²) in [6.07, 6.45) is 1.34. The average Bonchev–Trinajstić information content (AvgIpc) is 2.89. The van der Waals surface area contributed by atoms with E-state index >= 15 is 0 Å². The summed E-state index contributed by atoms with van der Waals surface area (Å²) in [5, 5.41) is 11.4. The molecule has 0 radical (unpaired) electrons. The smallest absolute Gasteiger partial charge is 0.410 e. The van der Waals surface area contributed by atoms with Gasteiger partial charge in [0.25, 0.3) is 0 Å². The molecule has 1 amide bonds. The lowest BCUT2D eigenvalue weighted by Gasteiger charge is -2.33. The maximum atomic E-state index is 12.2. The molecule has 2 aliphatic heterocycles. The number of amides is 1. The van der Waals surface area contributed by atoms with Crippen molar-refractivity contribution in [2.75, 3.05) is 26.3 Å². The third-order valence-electron chi connectivity index (χ3n) is 3.57. The average molecular weight is 374 g/mol. The largest absolute Gasteiger partial charge is 0.444 e. The lowest BCUT2D eigenvalue weighted by Crippen LogP contribution is -2.44. The van der Waals surface area contributed by atoms with Crippen molar-refractivity contribution in [1.29, 1.82) is 5.41 Å². The van der Waals surface area contributed by atoms with E-state index in [2.05, 4.69) is 21.2 Å². The molecule has 0 spiro atoms. The zero-order valence-electron chi connectivity index (χ0n) is 13.4. The molecule has 2 heterocycles. The molecule has 2 aliphatic rings. The summed E-state index contributed by atoms with van der Waals surface area (Å²) in [4.78, 5) is 13.8. The Morgan fingerprint density at radius 1 is 1.50 bits per heavy atom. The first-order valence-electron chi connectivity index (χ1n) is 7.55. The van der Waals surface area contributed by atoms with Crippen molar-refractivity contribution >= 4 is 26.6 Å². The number of hydrogen-bond donors (Lipinski definition) is 2. The van der Waals surface area contributed by atoms with Crippen molar-refractivity contribution in [1.82, 2.24) is 10.2 Å². The molecular formula is C15H24BrN3O3. The minimum Gasteiger partial charge on any atom is -0.444 e. The van der Waals surface area contributed by atoms with Gasteiger partial charge in [0.2, 0.25) is 0 Å². The topological polar surface area (TPSA) is 74.7 Å². The molecule has 0 aliphatic carbocycles. The van der Waals surface area contributed by atoms with Crippen LogP contribution in [0.1, 0.15) is 33.6 Å². The van der Waals surface area contributed by atoms with Gasteiger partial charge in [0, 0.05) is 30.8 Å². The molecule has 2 rings (SSSR count). The fourth-order valence-corrected chi connectivity index (χ4v) is 2.87. The number of hydrogen-bond acceptors (Lipinski definition) is 5. The second-order valence-electron chi connectivity index (χ2n) is 6.63. The van der Waals surface area contributed by atoms with Gasteiger partial charge in [0.1, 0.15) is 10.2 Å². The number of ether oxygens (including phenoxy) is 2. The van der Waals surface area contributed by atoms with Gasteiger partial charge in [-0.15, -0.1) is 0 Å². The van der Waals surface area contributed by atoms with E-state index in [1.165, 1.54) is 0 Å². The highest BCUT2D eigenvalue weighted by Gasteiger charge is 2.29. The Morgan fingerprint density at radius 3 is 2.77 bits per heavy atom. The van der Waals surface area contributed by atoms with Crippen LogP contribution in [0.3, 0.4) is 0 Å². The van der Waals surface area contributed by atoms with Crippen molar-refractivity contribution in [2.45, 2.75) is 45.3 Å². The third-order valence-corrected chi connectivity index (χ3v) is 4.05. The maximum absolute atomic E-state index is 12.2. The minimum atomic E-state index is -0.511. The predicted molar refractivity (Wildman–Crippen MR) is 88.5 cm³/mol. The quantitative estimate of drug-likeness (QED) is 0.745. The van der Waals surface area contributed by atoms with E-state index in [9.17, 15) is 4.79 Å². The van der Waals surface area contributed by atoms with Crippen molar-refractivity contribution in [3.8, 4) is 0 Å². The molecule has 1 fully saturated rings. The summed E-state index contributed by atoms with van der Waals surface area (Å²) in [6.45, 7) is 8.00. The van der Waals surface area contributed by atoms with Gasteiger partial charge in [-0.05, 0) is 43.1 Å². The van der Waals surface area contributed by atoms with Crippen LogP contribution in [0.25, 0.3) is 0 Å². The third kappa shape index (κ3) is 4.71. The number of nitrogens with one attached hydrogen (secondary N) is 2. The molecule has 1 saturated heterocycles. The van der Waals surface area contributed by atoms with Crippen LogP contribution in [0.5, 0.6) is 0 Å². The van der Waals surface area contributed by atoms with Gasteiger partial charge in [-0.3, -0.25) is 5.41 Å². The van der Waals surface area contributed by atoms with E-state index in [0.717, 1.165) is 24.3 Å². The van der Waals surface area contributed by atoms with Crippen molar-refractivity contribution in [3.63, 3.8) is 0 Å². The van der Waals surface area contributed by atoms with Crippen LogP contribution < -0.4 is 5.32 Å². The molecule has 1 atom stereocenters. The Balaban J connectivity index is 2.05. The number of halogens is 1. The number of nitrogens with zero attached hydrogens (tertiary/aromatic N) is 1. The van der Waals surface area contributed by atoms with Crippen LogP contribution in [0.4, 0.5) is 4.79 Å². The first-order chi connectivity index (χ1) is 10.3. The summed E-state index contributed by atoms with van der Waals surface area (Å²) in [5.41, 5.74) is 1.32. The molecule has 0 saturated carbocycles. The van der Waals surface area contributed by atoms with Crippen LogP contribution >= 0.6 is 15.9 Å². The van der Waals surface area contributed by atoms with Gasteiger partial charge in [-0.1, -0.05) is 0 Å². The lowest BCUT2D eigenvalue weighted by molar-refractivity contribution is 0.0261. The molecule has 22 heavy (non-hydrogen) atoms. The summed E-state index contributed by atoms with van der Waals surface area (Å²) in [6, 6.07) is 0.296. The van der Waals surface area contributed by atoms with Crippen molar-refractivity contribution < 1.29 is 14.3 Å². The second-order valence-corrected chi connectivity index (χ2v) is 7.42. The Labute approximate surface area is 139 Å². The highest BCUT2D eigenvalue weighted by molar-refractivity contribution is 9.18. The number of carbonyl (C=O) groups is 1. The first kappa shape index (κ1) is 17.3. The van der Waals surface area contributed by atoms with Crippen LogP contribution in [0, 0.1) is 5.41 Å². The van der Waals surface area contributed by atoms with E-state index in [0.29, 0.717) is 36.8 Å². The van der Waals surface area contributed by atoms with Crippen LogP contribution in [0.2, 0.25) is 0 Å². The van der Waals surface area contributed by atoms with Gasteiger partial charge >= 0.3 is 6.09 Å². The standard InChI is InChI=1S/C15H24BrN3O3/c1-15(2,3)22-14(20)19-6-4-12(11(8-19)13(16)17)18-10-5-7-21-9-10/h10,17-18H,4-9H2,1-3H3. The molecule has 0 aromatic carbocycles. The molecule has 0 aromatic rings. The van der Waals surface area contributed by atoms with Gasteiger partial charge in [-0.25, -0.2) is 4.79 Å². The minimum absolute atomic E-state index is 0.296. The van der Waals surface area contributed by atoms with Crippen LogP contribution in [-0.2, 0) is 9.47 Å². The highest BCUT2D eigenvalue weighted by atomic mass is 79.9. The second kappa shape index (κ2) is 7.00. The predicted octanol–water partition coefficient (Wildman–Crippen LogP) is 2.63. The van der Waals surface area contributed by atoms with E-state index in [-0.39, 0.29) is 6.09 Å². The molecule has 0 bridgehead atoms. The Morgan fingerprint density at radius 2 is 2.23 bits per heavy atom. The molecule has 2 N–H and O–H groups in total. The van der Waals surface area contributed by atoms with E-state index in [4.69, 9.17) is 14.9 Å². The molecule has 6 nitrogen and oxygen atoms in total. The van der Waals surface area contributed by atoms with E-state index < -0.39 is 5.60 Å². The fraction of sp³-hybridized carbons (Fsp3) is 0.733.